The third kappa shape index (κ3) is 5.83. The van der Waals surface area contributed by atoms with Gasteiger partial charge >= 0.3 is 5.51 Å². The molecule has 102 valence electrons. The first-order valence-corrected chi connectivity index (χ1v) is 7.86. The van der Waals surface area contributed by atoms with E-state index in [1.54, 1.807) is 0 Å². The molecule has 3 nitrogen and oxygen atoms in total. The third-order valence-electron chi connectivity index (χ3n) is 1.72. The van der Waals surface area contributed by atoms with Crippen LogP contribution >= 0.6 is 22.4 Å². The van der Waals surface area contributed by atoms with E-state index >= 15 is 0 Å². The maximum absolute atomic E-state index is 11.8. The zero-order valence-electron chi connectivity index (χ0n) is 8.78. The van der Waals surface area contributed by atoms with Gasteiger partial charge in [0.05, 0.1) is 11.5 Å². The Balaban J connectivity index is 2.45. The summed E-state index contributed by atoms with van der Waals surface area (Å²) < 4.78 is 62.2. The molecule has 0 aliphatic rings. The molecule has 0 bridgehead atoms. The summed E-state index contributed by atoms with van der Waals surface area (Å²) in [5, 5.41) is 0. The molecule has 0 saturated heterocycles. The molecule has 0 atom stereocenters. The molecule has 0 spiro atoms. The fourth-order valence-corrected chi connectivity index (χ4v) is 2.18. The first-order valence-electron chi connectivity index (χ1n) is 4.57. The van der Waals surface area contributed by atoms with Crippen molar-refractivity contribution in [2.45, 2.75) is 10.4 Å². The number of rotatable bonds is 5. The van der Waals surface area contributed by atoms with Crippen molar-refractivity contribution in [3.05, 3.63) is 24.3 Å². The topological polar surface area (TPSA) is 43.4 Å². The molecular weight excluding hydrogens is 313 g/mol. The van der Waals surface area contributed by atoms with Crippen molar-refractivity contribution in [3.8, 4) is 5.75 Å². The van der Waals surface area contributed by atoms with Crippen molar-refractivity contribution in [1.82, 2.24) is 0 Å². The molecular formula is C9H8ClF3O3S2. The smallest absolute Gasteiger partial charge is 0.441 e. The van der Waals surface area contributed by atoms with Gasteiger partial charge in [0.1, 0.15) is 5.75 Å². The Hall–Kier alpha value is -0.600. The zero-order valence-corrected chi connectivity index (χ0v) is 11.2. The predicted molar refractivity (Wildman–Crippen MR) is 63.5 cm³/mol. The van der Waals surface area contributed by atoms with Crippen LogP contribution in [0.5, 0.6) is 5.75 Å². The highest BCUT2D eigenvalue weighted by atomic mass is 35.7. The fourth-order valence-electron chi connectivity index (χ4n) is 1.02. The predicted octanol–water partition coefficient (Wildman–Crippen LogP) is 3.25. The number of hydrogen-bond donors (Lipinski definition) is 0. The molecule has 0 saturated carbocycles. The van der Waals surface area contributed by atoms with Gasteiger partial charge < -0.3 is 4.74 Å². The van der Waals surface area contributed by atoms with Crippen molar-refractivity contribution in [2.75, 3.05) is 12.4 Å². The first kappa shape index (κ1) is 15.5. The summed E-state index contributed by atoms with van der Waals surface area (Å²) in [5.74, 6) is 0.0424. The van der Waals surface area contributed by atoms with Crippen molar-refractivity contribution >= 4 is 31.5 Å². The number of benzene rings is 1. The van der Waals surface area contributed by atoms with Crippen molar-refractivity contribution in [2.24, 2.45) is 0 Å². The highest BCUT2D eigenvalue weighted by Gasteiger charge is 2.27. The molecule has 1 aromatic rings. The Kier molecular flexibility index (Phi) is 5.18. The van der Waals surface area contributed by atoms with E-state index in [-0.39, 0.29) is 34.8 Å². The lowest BCUT2D eigenvalue weighted by atomic mass is 10.3. The largest absolute Gasteiger partial charge is 0.493 e. The number of alkyl halides is 3. The van der Waals surface area contributed by atoms with Gasteiger partial charge in [-0.15, -0.1) is 0 Å². The lowest BCUT2D eigenvalue weighted by molar-refractivity contribution is -0.0329. The van der Waals surface area contributed by atoms with E-state index in [1.807, 2.05) is 0 Å². The average Bonchev–Trinajstić information content (AvgIpc) is 2.22. The summed E-state index contributed by atoms with van der Waals surface area (Å²) in [5.41, 5.74) is -4.28. The summed E-state index contributed by atoms with van der Waals surface area (Å²) in [7, 11) is 1.29. The lowest BCUT2D eigenvalue weighted by Gasteiger charge is -2.07. The quantitative estimate of drug-likeness (QED) is 0.617. The van der Waals surface area contributed by atoms with Crippen LogP contribution in [0.25, 0.3) is 0 Å². The SMILES string of the molecule is O=S(=O)(Cl)c1ccc(OCCSC(F)(F)F)cc1. The Morgan fingerprint density at radius 1 is 1.22 bits per heavy atom. The van der Waals surface area contributed by atoms with Gasteiger partial charge in [-0.25, -0.2) is 8.42 Å². The summed E-state index contributed by atoms with van der Waals surface area (Å²) in [4.78, 5) is -0.0961. The summed E-state index contributed by atoms with van der Waals surface area (Å²) in [6, 6.07) is 5.09. The molecule has 0 amide bonds. The van der Waals surface area contributed by atoms with Crippen LogP contribution in [-0.4, -0.2) is 26.3 Å². The highest BCUT2D eigenvalue weighted by molar-refractivity contribution is 8.13. The number of hydrogen-bond acceptors (Lipinski definition) is 4. The van der Waals surface area contributed by atoms with Crippen LogP contribution in [0.3, 0.4) is 0 Å². The van der Waals surface area contributed by atoms with Crippen LogP contribution in [0, 0.1) is 0 Å². The number of thioether (sulfide) groups is 1. The van der Waals surface area contributed by atoms with Crippen LogP contribution in [0.15, 0.2) is 29.2 Å². The van der Waals surface area contributed by atoms with Crippen molar-refractivity contribution in [3.63, 3.8) is 0 Å². The van der Waals surface area contributed by atoms with Gasteiger partial charge in [0.25, 0.3) is 9.05 Å². The van der Waals surface area contributed by atoms with Gasteiger partial charge in [-0.05, 0) is 36.0 Å². The van der Waals surface area contributed by atoms with E-state index in [9.17, 15) is 21.6 Å². The minimum absolute atomic E-state index is 0.0961. The van der Waals surface area contributed by atoms with Crippen LogP contribution in [-0.2, 0) is 9.05 Å². The van der Waals surface area contributed by atoms with E-state index in [0.717, 1.165) is 0 Å². The summed E-state index contributed by atoms with van der Waals surface area (Å²) >= 11 is -0.182. The maximum atomic E-state index is 11.8. The van der Waals surface area contributed by atoms with Crippen LogP contribution in [0.2, 0.25) is 0 Å². The second-order valence-corrected chi connectivity index (χ2v) is 6.78. The minimum Gasteiger partial charge on any atom is -0.493 e. The number of ether oxygens (including phenoxy) is 1. The molecule has 0 aliphatic carbocycles. The summed E-state index contributed by atoms with van der Waals surface area (Å²) in [6.07, 6.45) is 0. The molecule has 18 heavy (non-hydrogen) atoms. The van der Waals surface area contributed by atoms with Gasteiger partial charge in [0, 0.05) is 16.4 Å². The van der Waals surface area contributed by atoms with E-state index in [1.165, 1.54) is 24.3 Å². The molecule has 9 heteroatoms. The first-order chi connectivity index (χ1) is 8.18. The minimum atomic E-state index is -4.28. The van der Waals surface area contributed by atoms with E-state index < -0.39 is 14.6 Å². The Morgan fingerprint density at radius 3 is 2.22 bits per heavy atom. The second kappa shape index (κ2) is 6.03. The molecule has 0 unspecified atom stereocenters. The molecule has 0 aromatic heterocycles. The molecule has 0 heterocycles. The second-order valence-electron chi connectivity index (χ2n) is 3.05. The fraction of sp³-hybridized carbons (Fsp3) is 0.333. The molecule has 0 fully saturated rings. The van der Waals surface area contributed by atoms with Crippen molar-refractivity contribution < 1.29 is 26.3 Å². The molecule has 1 aromatic carbocycles. The third-order valence-corrected chi connectivity index (χ3v) is 3.79. The Bertz CT molecular complexity index is 485. The molecule has 1 rings (SSSR count). The number of halogens is 4. The lowest BCUT2D eigenvalue weighted by Crippen LogP contribution is -2.07. The van der Waals surface area contributed by atoms with Crippen molar-refractivity contribution in [1.29, 1.82) is 0 Å². The van der Waals surface area contributed by atoms with Gasteiger partial charge in [-0.1, -0.05) is 0 Å². The standard InChI is InChI=1S/C9H8ClF3O3S2/c10-18(14,15)8-3-1-7(2-4-8)16-5-6-17-9(11,12)13/h1-4H,5-6H2. The molecule has 0 radical (unpaired) electrons. The van der Waals surface area contributed by atoms with E-state index in [4.69, 9.17) is 15.4 Å². The van der Waals surface area contributed by atoms with Gasteiger partial charge in [-0.2, -0.15) is 13.2 Å². The van der Waals surface area contributed by atoms with E-state index in [0.29, 0.717) is 0 Å². The monoisotopic (exact) mass is 320 g/mol. The Morgan fingerprint density at radius 2 is 1.78 bits per heavy atom. The van der Waals surface area contributed by atoms with Crippen LogP contribution < -0.4 is 4.74 Å². The Labute approximate surface area is 111 Å². The molecule has 0 N–H and O–H groups in total. The van der Waals surface area contributed by atoms with E-state index in [2.05, 4.69) is 0 Å². The average molecular weight is 321 g/mol. The van der Waals surface area contributed by atoms with Crippen LogP contribution in [0.4, 0.5) is 13.2 Å². The normalized spacial score (nSPS) is 12.4. The summed E-state index contributed by atoms with van der Waals surface area (Å²) in [6.45, 7) is -0.128. The maximum Gasteiger partial charge on any atom is 0.441 e. The molecule has 0 aliphatic heterocycles. The highest BCUT2D eigenvalue weighted by Crippen LogP contribution is 2.29. The van der Waals surface area contributed by atoms with Gasteiger partial charge in [0.2, 0.25) is 0 Å². The van der Waals surface area contributed by atoms with Gasteiger partial charge in [-0.3, -0.25) is 0 Å². The van der Waals surface area contributed by atoms with Gasteiger partial charge in [0.15, 0.2) is 0 Å². The van der Waals surface area contributed by atoms with Crippen LogP contribution in [0.1, 0.15) is 0 Å². The zero-order chi connectivity index (χ0) is 13.8.